The number of nitrogens with zero attached hydrogens (tertiary/aromatic N) is 3. The zero-order chi connectivity index (χ0) is 16.8. The third-order valence-electron chi connectivity index (χ3n) is 2.92. The predicted molar refractivity (Wildman–Crippen MR) is 89.6 cm³/mol. The number of nitrogens with one attached hydrogen (secondary N) is 1. The van der Waals surface area contributed by atoms with Crippen molar-refractivity contribution in [3.63, 3.8) is 0 Å². The lowest BCUT2D eigenvalue weighted by atomic mass is 10.3. The number of rotatable bonds is 6. The van der Waals surface area contributed by atoms with Gasteiger partial charge in [-0.25, -0.2) is 14.4 Å². The monoisotopic (exact) mass is 356 g/mol. The first-order chi connectivity index (χ1) is 11.0. The Morgan fingerprint density at radius 1 is 1.30 bits per heavy atom. The Labute approximate surface area is 143 Å². The molecule has 2 rings (SSSR count). The lowest BCUT2D eigenvalue weighted by Gasteiger charge is -2.21. The van der Waals surface area contributed by atoms with E-state index in [0.717, 1.165) is 18.8 Å². The van der Waals surface area contributed by atoms with Gasteiger partial charge in [-0.2, -0.15) is 0 Å². The SMILES string of the molecule is CCCN(CC(=O)Nc1cc(Cl)ccc1Cl)c1ncc(F)cn1. The van der Waals surface area contributed by atoms with Gasteiger partial charge >= 0.3 is 0 Å². The van der Waals surface area contributed by atoms with Gasteiger partial charge in [0.1, 0.15) is 6.54 Å². The molecule has 0 saturated carbocycles. The van der Waals surface area contributed by atoms with Crippen LogP contribution in [0.1, 0.15) is 13.3 Å². The number of anilines is 2. The molecule has 0 aliphatic rings. The summed E-state index contributed by atoms with van der Waals surface area (Å²) in [6.07, 6.45) is 2.92. The minimum Gasteiger partial charge on any atom is -0.332 e. The molecule has 1 N–H and O–H groups in total. The lowest BCUT2D eigenvalue weighted by molar-refractivity contribution is -0.115. The van der Waals surface area contributed by atoms with Gasteiger partial charge in [0.15, 0.2) is 5.82 Å². The molecule has 0 saturated heterocycles. The van der Waals surface area contributed by atoms with Crippen LogP contribution in [0, 0.1) is 5.82 Å². The number of carbonyl (C=O) groups excluding carboxylic acids is 1. The third kappa shape index (κ3) is 5.04. The smallest absolute Gasteiger partial charge is 0.244 e. The number of amides is 1. The van der Waals surface area contributed by atoms with Crippen LogP contribution < -0.4 is 10.2 Å². The molecular formula is C15H15Cl2FN4O. The quantitative estimate of drug-likeness (QED) is 0.855. The van der Waals surface area contributed by atoms with Crippen molar-refractivity contribution in [3.05, 3.63) is 46.5 Å². The number of halogens is 3. The highest BCUT2D eigenvalue weighted by atomic mass is 35.5. The highest BCUT2D eigenvalue weighted by Gasteiger charge is 2.15. The van der Waals surface area contributed by atoms with E-state index in [9.17, 15) is 9.18 Å². The molecule has 8 heteroatoms. The predicted octanol–water partition coefficient (Wildman–Crippen LogP) is 3.78. The first kappa shape index (κ1) is 17.4. The second-order valence-electron chi connectivity index (χ2n) is 4.80. The molecule has 0 aliphatic heterocycles. The van der Waals surface area contributed by atoms with Gasteiger partial charge in [-0.05, 0) is 24.6 Å². The number of hydrogen-bond donors (Lipinski definition) is 1. The molecule has 0 radical (unpaired) electrons. The van der Waals surface area contributed by atoms with Gasteiger partial charge in [-0.3, -0.25) is 4.79 Å². The molecule has 1 aromatic carbocycles. The number of benzene rings is 1. The molecule has 5 nitrogen and oxygen atoms in total. The van der Waals surface area contributed by atoms with Crippen molar-refractivity contribution in [1.82, 2.24) is 9.97 Å². The average Bonchev–Trinajstić information content (AvgIpc) is 2.51. The van der Waals surface area contributed by atoms with Crippen molar-refractivity contribution in [2.45, 2.75) is 13.3 Å². The fourth-order valence-corrected chi connectivity index (χ4v) is 2.28. The molecule has 0 aliphatic carbocycles. The molecule has 1 heterocycles. The van der Waals surface area contributed by atoms with Crippen LogP contribution in [0.25, 0.3) is 0 Å². The van der Waals surface area contributed by atoms with E-state index >= 15 is 0 Å². The summed E-state index contributed by atoms with van der Waals surface area (Å²) in [7, 11) is 0. The normalized spacial score (nSPS) is 10.4. The van der Waals surface area contributed by atoms with Crippen molar-refractivity contribution >= 4 is 40.7 Å². The largest absolute Gasteiger partial charge is 0.332 e. The van der Waals surface area contributed by atoms with Gasteiger partial charge < -0.3 is 10.2 Å². The van der Waals surface area contributed by atoms with Gasteiger partial charge in [0, 0.05) is 11.6 Å². The van der Waals surface area contributed by atoms with E-state index in [1.54, 1.807) is 23.1 Å². The number of aromatic nitrogens is 2. The zero-order valence-corrected chi connectivity index (χ0v) is 13.9. The van der Waals surface area contributed by atoms with Crippen LogP contribution in [0.2, 0.25) is 10.0 Å². The Balaban J connectivity index is 2.08. The van der Waals surface area contributed by atoms with Crippen LogP contribution in [-0.4, -0.2) is 29.0 Å². The molecule has 122 valence electrons. The number of hydrogen-bond acceptors (Lipinski definition) is 4. The van der Waals surface area contributed by atoms with Gasteiger partial charge in [-0.1, -0.05) is 30.1 Å². The van der Waals surface area contributed by atoms with E-state index < -0.39 is 5.82 Å². The maximum absolute atomic E-state index is 12.9. The second kappa shape index (κ2) is 8.08. The molecule has 0 bridgehead atoms. The van der Waals surface area contributed by atoms with Crippen molar-refractivity contribution < 1.29 is 9.18 Å². The molecular weight excluding hydrogens is 342 g/mol. The maximum atomic E-state index is 12.9. The summed E-state index contributed by atoms with van der Waals surface area (Å²) in [4.78, 5) is 21.7. The zero-order valence-electron chi connectivity index (χ0n) is 12.4. The Morgan fingerprint density at radius 2 is 2.00 bits per heavy atom. The van der Waals surface area contributed by atoms with E-state index in [1.807, 2.05) is 6.92 Å². The molecule has 0 unspecified atom stereocenters. The average molecular weight is 357 g/mol. The van der Waals surface area contributed by atoms with E-state index in [-0.39, 0.29) is 12.5 Å². The standard InChI is InChI=1S/C15H15Cl2FN4O/c1-2-5-22(15-19-7-11(18)8-20-15)9-14(23)21-13-6-10(16)3-4-12(13)17/h3-4,6-8H,2,5,9H2,1H3,(H,21,23). The van der Waals surface area contributed by atoms with Crippen LogP contribution in [0.3, 0.4) is 0 Å². The van der Waals surface area contributed by atoms with Gasteiger partial charge in [0.2, 0.25) is 11.9 Å². The van der Waals surface area contributed by atoms with E-state index in [0.29, 0.717) is 28.2 Å². The summed E-state index contributed by atoms with van der Waals surface area (Å²) >= 11 is 11.9. The summed E-state index contributed by atoms with van der Waals surface area (Å²) in [6.45, 7) is 2.53. The van der Waals surface area contributed by atoms with Crippen molar-refractivity contribution in [2.75, 3.05) is 23.3 Å². The molecule has 0 spiro atoms. The van der Waals surface area contributed by atoms with E-state index in [2.05, 4.69) is 15.3 Å². The minimum atomic E-state index is -0.527. The maximum Gasteiger partial charge on any atom is 0.244 e. The molecule has 1 amide bonds. The van der Waals surface area contributed by atoms with Gasteiger partial charge in [-0.15, -0.1) is 0 Å². The summed E-state index contributed by atoms with van der Waals surface area (Å²) in [6, 6.07) is 4.81. The van der Waals surface area contributed by atoms with Crippen molar-refractivity contribution in [2.24, 2.45) is 0 Å². The summed E-state index contributed by atoms with van der Waals surface area (Å²) in [5.74, 6) is -0.531. The molecule has 2 aromatic rings. The summed E-state index contributed by atoms with van der Waals surface area (Å²) in [5.41, 5.74) is 0.431. The topological polar surface area (TPSA) is 58.1 Å². The molecule has 0 fully saturated rings. The highest BCUT2D eigenvalue weighted by molar-refractivity contribution is 6.35. The number of carbonyl (C=O) groups is 1. The van der Waals surface area contributed by atoms with Crippen molar-refractivity contribution in [3.8, 4) is 0 Å². The van der Waals surface area contributed by atoms with Crippen LogP contribution in [-0.2, 0) is 4.79 Å². The molecule has 23 heavy (non-hydrogen) atoms. The minimum absolute atomic E-state index is 0.0162. The fourth-order valence-electron chi connectivity index (χ4n) is 1.94. The van der Waals surface area contributed by atoms with Gasteiger partial charge in [0.05, 0.1) is 23.1 Å². The Kier molecular flexibility index (Phi) is 6.12. The Bertz CT molecular complexity index is 682. The highest BCUT2D eigenvalue weighted by Crippen LogP contribution is 2.25. The second-order valence-corrected chi connectivity index (χ2v) is 5.64. The summed E-state index contributed by atoms with van der Waals surface area (Å²) < 4.78 is 12.9. The third-order valence-corrected chi connectivity index (χ3v) is 3.48. The summed E-state index contributed by atoms with van der Waals surface area (Å²) in [5, 5.41) is 3.56. The Hall–Kier alpha value is -1.92. The first-order valence-electron chi connectivity index (χ1n) is 6.97. The van der Waals surface area contributed by atoms with Crippen LogP contribution in [0.5, 0.6) is 0 Å². The van der Waals surface area contributed by atoms with Crippen LogP contribution in [0.15, 0.2) is 30.6 Å². The van der Waals surface area contributed by atoms with Crippen LogP contribution in [0.4, 0.5) is 16.0 Å². The van der Waals surface area contributed by atoms with Crippen LogP contribution >= 0.6 is 23.2 Å². The van der Waals surface area contributed by atoms with Gasteiger partial charge in [0.25, 0.3) is 0 Å². The Morgan fingerprint density at radius 3 is 2.65 bits per heavy atom. The fraction of sp³-hybridized carbons (Fsp3) is 0.267. The molecule has 0 atom stereocenters. The lowest BCUT2D eigenvalue weighted by Crippen LogP contribution is -2.35. The molecule has 1 aromatic heterocycles. The van der Waals surface area contributed by atoms with Crippen molar-refractivity contribution in [1.29, 1.82) is 0 Å². The van der Waals surface area contributed by atoms with E-state index in [1.165, 1.54) is 0 Å². The van der Waals surface area contributed by atoms with E-state index in [4.69, 9.17) is 23.2 Å². The first-order valence-corrected chi connectivity index (χ1v) is 7.72.